The van der Waals surface area contributed by atoms with E-state index in [0.29, 0.717) is 12.8 Å². The van der Waals surface area contributed by atoms with Crippen LogP contribution in [0.1, 0.15) is 101 Å². The molecule has 12 heteroatoms. The van der Waals surface area contributed by atoms with Crippen LogP contribution in [0.15, 0.2) is 48.8 Å². The van der Waals surface area contributed by atoms with Crippen molar-refractivity contribution in [3.63, 3.8) is 0 Å². The maximum absolute atomic E-state index is 9.59. The van der Waals surface area contributed by atoms with Gasteiger partial charge in [0.05, 0.1) is 46.2 Å². The van der Waals surface area contributed by atoms with E-state index in [-0.39, 0.29) is 50.1 Å². The normalized spacial score (nSPS) is 11.8. The first kappa shape index (κ1) is 42.4. The predicted octanol–water partition coefficient (Wildman–Crippen LogP) is 6.68. The van der Waals surface area contributed by atoms with Crippen LogP contribution in [0.2, 0.25) is 0 Å². The SMILES string of the molecule is CC(=O)O.CC(=O)O.CCc1c(CC)c2cc3nc(cnc4ccccc4ncc4nc(cc1[n-]2)C(CCCO)=C4C)C(C)=C3CCCO.[Lu]. The number of para-hydroxylation sites is 2. The third-order valence-electron chi connectivity index (χ3n) is 7.95. The molecule has 1 radical (unpaired) electrons. The molecule has 0 spiro atoms. The molecule has 11 nitrogen and oxygen atoms in total. The molecule has 5 rings (SSSR count). The number of aliphatic carboxylic acids is 2. The van der Waals surface area contributed by atoms with Gasteiger partial charge in [-0.25, -0.2) is 9.97 Å². The standard InChI is InChI=1S/C34H38N5O2.2C2H4O2.Lu/c1-5-23-24(6-2)30-18-32-26(12-10-16-41)22(4)34(39-32)20-36-28-14-8-7-13-27(28)35-19-33-21(3)25(11-9-15-40)31(38-33)17-29(23)37-30;2*1-2(3)4;/h7-8,13-14,17-20,40-41H,5-6,9-12,15-16H2,1-4H3;2*1H3,(H,3,4);/q-1;;;. The summed E-state index contributed by atoms with van der Waals surface area (Å²) in [5, 5.41) is 34.0. The molecule has 0 atom stereocenters. The van der Waals surface area contributed by atoms with Crippen LogP contribution < -0.4 is 4.98 Å². The topological polar surface area (TPSA) is 181 Å². The van der Waals surface area contributed by atoms with Crippen LogP contribution in [0, 0.1) is 36.9 Å². The summed E-state index contributed by atoms with van der Waals surface area (Å²) in [6.45, 7) is 10.9. The van der Waals surface area contributed by atoms with Crippen molar-refractivity contribution in [3.8, 4) is 0 Å². The maximum atomic E-state index is 9.59. The van der Waals surface area contributed by atoms with Crippen LogP contribution in [0.4, 0.5) is 0 Å². The Bertz CT molecular complexity index is 1790. The Morgan fingerprint density at radius 3 is 1.36 bits per heavy atom. The Morgan fingerprint density at radius 1 is 0.680 bits per heavy atom. The van der Waals surface area contributed by atoms with Crippen LogP contribution in [-0.4, -0.2) is 65.5 Å². The van der Waals surface area contributed by atoms with Crippen molar-refractivity contribution < 1.29 is 66.9 Å². The summed E-state index contributed by atoms with van der Waals surface area (Å²) in [4.78, 5) is 42.8. The van der Waals surface area contributed by atoms with Crippen LogP contribution in [0.3, 0.4) is 0 Å². The molecule has 0 saturated carbocycles. The van der Waals surface area contributed by atoms with E-state index in [1.807, 2.05) is 36.7 Å². The summed E-state index contributed by atoms with van der Waals surface area (Å²) in [6, 6.07) is 12.0. The number of aryl methyl sites for hydroxylation is 2. The van der Waals surface area contributed by atoms with Crippen molar-refractivity contribution in [1.82, 2.24) is 24.9 Å². The molecule has 275 valence electrons. The number of aliphatic hydroxyl groups excluding tert-OH is 2. The number of aliphatic hydroxyl groups is 2. The first-order valence-corrected chi connectivity index (χ1v) is 16.4. The minimum atomic E-state index is -0.833. The molecule has 50 heavy (non-hydrogen) atoms. The molecule has 0 saturated heterocycles. The van der Waals surface area contributed by atoms with Gasteiger partial charge in [0, 0.05) is 63.9 Å². The van der Waals surface area contributed by atoms with Crippen molar-refractivity contribution in [2.24, 2.45) is 0 Å². The molecule has 0 aliphatic carbocycles. The molecular formula is C38H46LuN5O6-. The fraction of sp³-hybridized carbons (Fsp3) is 0.368. The van der Waals surface area contributed by atoms with Crippen molar-refractivity contribution in [3.05, 3.63) is 82.7 Å². The van der Waals surface area contributed by atoms with Gasteiger partial charge in [-0.15, -0.1) is 11.0 Å². The predicted molar refractivity (Wildman–Crippen MR) is 193 cm³/mol. The third kappa shape index (κ3) is 11.4. The average molecular weight is 844 g/mol. The van der Waals surface area contributed by atoms with Gasteiger partial charge in [-0.2, -0.15) is 0 Å². The number of carboxylic acid groups (broad SMARTS) is 2. The van der Waals surface area contributed by atoms with Crippen molar-refractivity contribution in [2.75, 3.05) is 13.2 Å². The van der Waals surface area contributed by atoms with E-state index in [1.54, 1.807) is 0 Å². The molecule has 4 N–H and O–H groups in total. The average Bonchev–Trinajstić information content (AvgIpc) is 3.65. The van der Waals surface area contributed by atoms with E-state index >= 15 is 0 Å². The van der Waals surface area contributed by atoms with Gasteiger partial charge >= 0.3 is 0 Å². The molecule has 2 aliphatic rings. The Balaban J connectivity index is 0.000000872. The number of carbonyl (C=O) groups is 2. The van der Waals surface area contributed by atoms with Gasteiger partial charge in [0.1, 0.15) is 0 Å². The number of carboxylic acids is 2. The number of benzene rings is 1. The third-order valence-corrected chi connectivity index (χ3v) is 7.95. The molecule has 3 aromatic rings. The van der Waals surface area contributed by atoms with E-state index < -0.39 is 11.9 Å². The molecule has 0 amide bonds. The van der Waals surface area contributed by atoms with E-state index in [0.717, 1.165) is 107 Å². The molecule has 0 unspecified atom stereocenters. The molecule has 0 fully saturated rings. The zero-order chi connectivity index (χ0) is 36.1. The summed E-state index contributed by atoms with van der Waals surface area (Å²) >= 11 is 0. The summed E-state index contributed by atoms with van der Waals surface area (Å²) in [6.07, 6.45) is 8.12. The number of rotatable bonds is 8. The minimum absolute atomic E-state index is 0. The van der Waals surface area contributed by atoms with E-state index in [1.165, 1.54) is 11.1 Å². The van der Waals surface area contributed by atoms with Gasteiger partial charge in [0.25, 0.3) is 11.9 Å². The van der Waals surface area contributed by atoms with Crippen LogP contribution in [0.25, 0.3) is 44.4 Å². The van der Waals surface area contributed by atoms with Gasteiger partial charge in [-0.1, -0.05) is 49.2 Å². The Labute approximate surface area is 322 Å². The van der Waals surface area contributed by atoms with Gasteiger partial charge in [0.2, 0.25) is 0 Å². The quantitative estimate of drug-likeness (QED) is 0.190. The zero-order valence-electron chi connectivity index (χ0n) is 29.4. The second-order valence-electron chi connectivity index (χ2n) is 11.5. The number of nitrogens with zero attached hydrogens (tertiary/aromatic N) is 5. The summed E-state index contributed by atoms with van der Waals surface area (Å²) in [7, 11) is 0. The van der Waals surface area contributed by atoms with E-state index in [4.69, 9.17) is 44.7 Å². The van der Waals surface area contributed by atoms with Gasteiger partial charge in [-0.3, -0.25) is 19.6 Å². The number of aromatic nitrogens is 5. The summed E-state index contributed by atoms with van der Waals surface area (Å²) < 4.78 is 0. The summed E-state index contributed by atoms with van der Waals surface area (Å²) in [5.41, 5.74) is 13.5. The zero-order valence-corrected chi connectivity index (χ0v) is 31.0. The monoisotopic (exact) mass is 843 g/mol. The Hall–Kier alpha value is -3.77. The number of hydrogen-bond acceptors (Lipinski definition) is 8. The Kier molecular flexibility index (Phi) is 17.6. The van der Waals surface area contributed by atoms with Crippen molar-refractivity contribution in [2.45, 2.75) is 80.1 Å². The molecular weight excluding hydrogens is 797 g/mol. The maximum Gasteiger partial charge on any atom is 0.300 e. The van der Waals surface area contributed by atoms with Crippen molar-refractivity contribution >= 4 is 56.3 Å². The number of fused-ring (bicyclic) bond motifs is 7. The van der Waals surface area contributed by atoms with Crippen LogP contribution in [0.5, 0.6) is 0 Å². The van der Waals surface area contributed by atoms with E-state index in [2.05, 4.69) is 39.8 Å². The van der Waals surface area contributed by atoms with Crippen LogP contribution in [-0.2, 0) is 22.4 Å². The fourth-order valence-corrected chi connectivity index (χ4v) is 5.69. The first-order valence-electron chi connectivity index (χ1n) is 16.4. The largest absolute Gasteiger partial charge is 0.657 e. The summed E-state index contributed by atoms with van der Waals surface area (Å²) in [5.74, 6) is -1.67. The minimum Gasteiger partial charge on any atom is -0.657 e. The number of hydrogen-bond donors (Lipinski definition) is 4. The molecule has 2 aromatic heterocycles. The van der Waals surface area contributed by atoms with Gasteiger partial charge in [-0.05, 0) is 86.8 Å². The second-order valence-corrected chi connectivity index (χ2v) is 11.5. The smallest absolute Gasteiger partial charge is 0.300 e. The van der Waals surface area contributed by atoms with Gasteiger partial charge < -0.3 is 25.4 Å². The second kappa shape index (κ2) is 20.8. The molecule has 2 aliphatic heterocycles. The Morgan fingerprint density at radius 2 is 1.04 bits per heavy atom. The molecule has 4 heterocycles. The molecule has 1 aromatic carbocycles. The number of allylic oxidation sites excluding steroid dienone is 4. The van der Waals surface area contributed by atoms with Crippen molar-refractivity contribution in [1.29, 1.82) is 0 Å². The van der Waals surface area contributed by atoms with Crippen LogP contribution >= 0.6 is 0 Å². The first-order chi connectivity index (χ1) is 23.4. The fourth-order valence-electron chi connectivity index (χ4n) is 5.69. The molecule has 6 bridgehead atoms. The van der Waals surface area contributed by atoms with Gasteiger partial charge in [0.15, 0.2) is 0 Å². The van der Waals surface area contributed by atoms with E-state index in [9.17, 15) is 10.2 Å².